The molecule has 41 heavy (non-hydrogen) atoms. The number of piperidine rings is 1. The van der Waals surface area contributed by atoms with E-state index in [1.165, 1.54) is 11.8 Å². The van der Waals surface area contributed by atoms with Gasteiger partial charge in [-0.15, -0.1) is 0 Å². The minimum Gasteiger partial charge on any atom is -0.494 e. The molecule has 0 radical (unpaired) electrons. The van der Waals surface area contributed by atoms with Crippen LogP contribution in [0.3, 0.4) is 0 Å². The van der Waals surface area contributed by atoms with Crippen LogP contribution in [-0.2, 0) is 18.4 Å². The number of aromatic nitrogens is 3. The molecule has 2 aliphatic heterocycles. The number of halogens is 1. The lowest BCUT2D eigenvalue weighted by Crippen LogP contribution is -2.50. The van der Waals surface area contributed by atoms with E-state index >= 15 is 0 Å². The fourth-order valence-electron chi connectivity index (χ4n) is 6.33. The van der Waals surface area contributed by atoms with Crippen LogP contribution in [0.25, 0.3) is 33.5 Å². The van der Waals surface area contributed by atoms with Crippen LogP contribution in [0.15, 0.2) is 36.4 Å². The number of para-hydroxylation sites is 1. The fourth-order valence-corrected chi connectivity index (χ4v) is 6.33. The van der Waals surface area contributed by atoms with Gasteiger partial charge in [-0.05, 0) is 37.1 Å². The highest BCUT2D eigenvalue weighted by Crippen LogP contribution is 2.39. The third-order valence-corrected chi connectivity index (χ3v) is 8.16. The van der Waals surface area contributed by atoms with Gasteiger partial charge in [-0.3, -0.25) is 9.59 Å². The molecule has 10 nitrogen and oxygen atoms in total. The quantitative estimate of drug-likeness (QED) is 0.336. The summed E-state index contributed by atoms with van der Waals surface area (Å²) in [6.07, 6.45) is -0.00149. The van der Waals surface area contributed by atoms with E-state index in [1.807, 2.05) is 11.6 Å². The molecule has 0 saturated carbocycles. The monoisotopic (exact) mass is 561 g/mol. The summed E-state index contributed by atoms with van der Waals surface area (Å²) in [6.45, 7) is 5.03. The van der Waals surface area contributed by atoms with Crippen molar-refractivity contribution in [2.75, 3.05) is 44.7 Å². The van der Waals surface area contributed by atoms with Crippen molar-refractivity contribution in [2.24, 2.45) is 12.8 Å². The van der Waals surface area contributed by atoms with Crippen molar-refractivity contribution in [3.63, 3.8) is 0 Å². The molecule has 2 aromatic carbocycles. The van der Waals surface area contributed by atoms with Crippen LogP contribution in [0.5, 0.6) is 5.75 Å². The van der Waals surface area contributed by atoms with Crippen molar-refractivity contribution in [1.29, 1.82) is 0 Å². The van der Waals surface area contributed by atoms with Gasteiger partial charge in [0.2, 0.25) is 5.91 Å². The van der Waals surface area contributed by atoms with Crippen LogP contribution in [-0.4, -0.2) is 82.9 Å². The first-order valence-corrected chi connectivity index (χ1v) is 14.1. The van der Waals surface area contributed by atoms with Crippen LogP contribution in [0.4, 0.5) is 10.1 Å². The number of rotatable bonds is 7. The maximum Gasteiger partial charge on any atom is 0.254 e. The van der Waals surface area contributed by atoms with Gasteiger partial charge in [0.1, 0.15) is 17.4 Å². The lowest BCUT2D eigenvalue weighted by atomic mass is 10.0. The molecule has 3 N–H and O–H groups in total. The van der Waals surface area contributed by atoms with E-state index in [0.717, 1.165) is 59.7 Å². The van der Waals surface area contributed by atoms with Crippen LogP contribution in [0, 0.1) is 0 Å². The third kappa shape index (κ3) is 4.88. The number of carbonyl (C=O) groups excluding carboxylic acids is 2. The van der Waals surface area contributed by atoms with Gasteiger partial charge >= 0.3 is 0 Å². The normalized spacial score (nSPS) is 18.8. The Labute approximate surface area is 237 Å². The summed E-state index contributed by atoms with van der Waals surface area (Å²) in [4.78, 5) is 33.5. The van der Waals surface area contributed by atoms with Gasteiger partial charge in [-0.1, -0.05) is 12.1 Å². The Morgan fingerprint density at radius 2 is 2.00 bits per heavy atom. The lowest BCUT2D eigenvalue weighted by Gasteiger charge is -2.33. The summed E-state index contributed by atoms with van der Waals surface area (Å²) < 4.78 is 24.2. The first kappa shape index (κ1) is 27.1. The Balaban J connectivity index is 1.37. The number of alkyl halides is 1. The average Bonchev–Trinajstić information content (AvgIpc) is 3.48. The van der Waals surface area contributed by atoms with Crippen molar-refractivity contribution >= 4 is 39.4 Å². The molecule has 2 amide bonds. The molecule has 0 bridgehead atoms. The van der Waals surface area contributed by atoms with E-state index in [-0.39, 0.29) is 30.8 Å². The number of anilines is 1. The molecule has 6 rings (SSSR count). The highest BCUT2D eigenvalue weighted by molar-refractivity contribution is 6.01. The number of ether oxygens (including phenoxy) is 1. The summed E-state index contributed by atoms with van der Waals surface area (Å²) in [5, 5.41) is 4.00. The summed E-state index contributed by atoms with van der Waals surface area (Å²) in [5.74, 6) is 1.02. The zero-order valence-corrected chi connectivity index (χ0v) is 23.7. The number of nitrogens with zero attached hydrogens (tertiary/aromatic N) is 5. The standard InChI is InChI=1S/C30H36FN7O3/c1-18(39)33-8-5-9-36-10-11-38-25(13-19-6-4-7-24(36)27(19)38)29-34-23-12-20(14-26(41-3)28(23)35(29)2)30(40)37-16-21(31)15-22(32)17-37/h4,6-7,12-14,21-22H,5,8-11,15-17,32H2,1-3H3,(H,33,39)/t21-,22-/m1/s1. The third-order valence-electron chi connectivity index (χ3n) is 8.16. The van der Waals surface area contributed by atoms with Gasteiger partial charge in [-0.25, -0.2) is 9.37 Å². The zero-order valence-electron chi connectivity index (χ0n) is 23.7. The van der Waals surface area contributed by atoms with E-state index in [0.29, 0.717) is 29.9 Å². The first-order chi connectivity index (χ1) is 19.7. The van der Waals surface area contributed by atoms with Gasteiger partial charge < -0.3 is 34.7 Å². The highest BCUT2D eigenvalue weighted by atomic mass is 19.1. The smallest absolute Gasteiger partial charge is 0.254 e. The second kappa shape index (κ2) is 10.7. The molecule has 0 unspecified atom stereocenters. The molecular weight excluding hydrogens is 525 g/mol. The van der Waals surface area contributed by atoms with Gasteiger partial charge in [0.25, 0.3) is 5.91 Å². The second-order valence-corrected chi connectivity index (χ2v) is 11.1. The maximum atomic E-state index is 14.2. The Bertz CT molecular complexity index is 1630. The number of carbonyl (C=O) groups is 2. The first-order valence-electron chi connectivity index (χ1n) is 14.1. The topological polar surface area (TPSA) is 111 Å². The number of benzene rings is 2. The van der Waals surface area contributed by atoms with Crippen molar-refractivity contribution < 1.29 is 18.7 Å². The molecule has 2 atom stereocenters. The van der Waals surface area contributed by atoms with E-state index in [4.69, 9.17) is 15.5 Å². The second-order valence-electron chi connectivity index (χ2n) is 11.1. The Hall–Kier alpha value is -4.12. The van der Waals surface area contributed by atoms with Gasteiger partial charge in [0, 0.05) is 63.7 Å². The molecule has 0 spiro atoms. The number of amides is 2. The number of hydrogen-bond donors (Lipinski definition) is 2. The van der Waals surface area contributed by atoms with Crippen LogP contribution < -0.4 is 20.7 Å². The van der Waals surface area contributed by atoms with E-state index < -0.39 is 6.17 Å². The minimum absolute atomic E-state index is 0.0103. The van der Waals surface area contributed by atoms with Crippen LogP contribution in [0.2, 0.25) is 0 Å². The lowest BCUT2D eigenvalue weighted by molar-refractivity contribution is -0.118. The van der Waals surface area contributed by atoms with Gasteiger partial charge in [0.15, 0.2) is 5.82 Å². The van der Waals surface area contributed by atoms with Crippen molar-refractivity contribution in [3.8, 4) is 17.3 Å². The molecule has 216 valence electrons. The van der Waals surface area contributed by atoms with Crippen LogP contribution in [0.1, 0.15) is 30.1 Å². The van der Waals surface area contributed by atoms with E-state index in [1.54, 1.807) is 19.2 Å². The summed E-state index contributed by atoms with van der Waals surface area (Å²) in [5.41, 5.74) is 11.1. The van der Waals surface area contributed by atoms with E-state index in [2.05, 4.69) is 39.0 Å². The summed E-state index contributed by atoms with van der Waals surface area (Å²) in [7, 11) is 3.53. The number of fused-ring (bicyclic) bond motifs is 1. The largest absolute Gasteiger partial charge is 0.494 e. The molecule has 11 heteroatoms. The van der Waals surface area contributed by atoms with Gasteiger partial charge in [-0.2, -0.15) is 0 Å². The predicted molar refractivity (Wildman–Crippen MR) is 157 cm³/mol. The number of aryl methyl sites for hydroxylation is 1. The summed E-state index contributed by atoms with van der Waals surface area (Å²) >= 11 is 0. The number of methoxy groups -OCH3 is 1. The van der Waals surface area contributed by atoms with Crippen molar-refractivity contribution in [1.82, 2.24) is 24.3 Å². The Kier molecular flexibility index (Phi) is 7.06. The van der Waals surface area contributed by atoms with Crippen LogP contribution >= 0.6 is 0 Å². The summed E-state index contributed by atoms with van der Waals surface area (Å²) in [6, 6.07) is 11.6. The number of nitrogens with two attached hydrogens (primary N) is 1. The predicted octanol–water partition coefficient (Wildman–Crippen LogP) is 3.06. The van der Waals surface area contributed by atoms with Crippen molar-refractivity contribution in [3.05, 3.63) is 42.0 Å². The molecule has 4 heterocycles. The number of nitrogens with one attached hydrogen (secondary N) is 1. The Morgan fingerprint density at radius 1 is 1.17 bits per heavy atom. The minimum atomic E-state index is -1.13. The fraction of sp³-hybridized carbons (Fsp3) is 0.433. The molecule has 4 aromatic rings. The van der Waals surface area contributed by atoms with Crippen molar-refractivity contribution in [2.45, 2.75) is 38.5 Å². The van der Waals surface area contributed by atoms with Gasteiger partial charge in [0.05, 0.1) is 36.1 Å². The Morgan fingerprint density at radius 3 is 2.76 bits per heavy atom. The maximum absolute atomic E-state index is 14.2. The molecule has 2 aliphatic rings. The number of likely N-dealkylation sites (tertiary alicyclic amines) is 1. The van der Waals surface area contributed by atoms with E-state index in [9.17, 15) is 14.0 Å². The molecule has 0 aliphatic carbocycles. The highest BCUT2D eigenvalue weighted by Gasteiger charge is 2.30. The number of hydrogen-bond acceptors (Lipinski definition) is 6. The molecule has 2 aromatic heterocycles. The average molecular weight is 562 g/mol. The number of imidazole rings is 1. The zero-order chi connectivity index (χ0) is 28.8. The molecule has 1 saturated heterocycles. The molecule has 1 fully saturated rings. The SMILES string of the molecule is COc1cc(C(=O)N2C[C@H](N)C[C@@H](F)C2)cc2nc(-c3cc4cccc5c4n3CCN5CCCNC(C)=O)n(C)c12. The molecular formula is C30H36FN7O3.